The van der Waals surface area contributed by atoms with Gasteiger partial charge >= 0.3 is 24.4 Å². The van der Waals surface area contributed by atoms with E-state index in [1.54, 1.807) is 32.0 Å². The predicted octanol–water partition coefficient (Wildman–Crippen LogP) is 6.45. The first kappa shape index (κ1) is 32.1. The summed E-state index contributed by atoms with van der Waals surface area (Å²) in [6.45, 7) is -0.360. The zero-order chi connectivity index (χ0) is 32.2. The van der Waals surface area contributed by atoms with Gasteiger partial charge in [0.1, 0.15) is 11.5 Å². The van der Waals surface area contributed by atoms with Crippen LogP contribution in [0.5, 0.6) is 5.88 Å². The Kier molecular flexibility index (Phi) is 9.64. The van der Waals surface area contributed by atoms with E-state index in [-0.39, 0.29) is 40.0 Å². The van der Waals surface area contributed by atoms with Crippen LogP contribution < -0.4 is 4.74 Å². The van der Waals surface area contributed by atoms with Gasteiger partial charge in [0, 0.05) is 42.1 Å². The second-order valence-corrected chi connectivity index (χ2v) is 9.17. The smallest absolute Gasteiger partial charge is 0.435 e. The molecule has 44 heavy (non-hydrogen) atoms. The Bertz CT molecular complexity index is 1790. The molecule has 0 unspecified atom stereocenters. The molecule has 0 atom stereocenters. The number of halogens is 6. The van der Waals surface area contributed by atoms with Crippen LogP contribution in [0.25, 0.3) is 39.4 Å². The van der Waals surface area contributed by atoms with Gasteiger partial charge in [0.25, 0.3) is 0 Å². The van der Waals surface area contributed by atoms with Gasteiger partial charge in [-0.05, 0) is 53.9 Å². The predicted molar refractivity (Wildman–Crippen MR) is 144 cm³/mol. The van der Waals surface area contributed by atoms with E-state index in [4.69, 9.17) is 12.8 Å². The van der Waals surface area contributed by atoms with Crippen molar-refractivity contribution in [3.8, 4) is 45.3 Å². The van der Waals surface area contributed by atoms with Crippen LogP contribution in [0.1, 0.15) is 22.7 Å². The van der Waals surface area contributed by atoms with Crippen LogP contribution in [0.15, 0.2) is 65.3 Å². The molecule has 0 amide bonds. The molecule has 5 rings (SSSR count). The maximum atomic E-state index is 14.7. The third-order valence-electron chi connectivity index (χ3n) is 6.23. The van der Waals surface area contributed by atoms with Crippen molar-refractivity contribution in [2.75, 3.05) is 0 Å². The number of aromatic nitrogens is 4. The molecule has 1 N–H and O–H groups in total. The van der Waals surface area contributed by atoms with E-state index in [0.717, 1.165) is 16.9 Å². The van der Waals surface area contributed by atoms with Gasteiger partial charge in [0.15, 0.2) is 17.3 Å². The van der Waals surface area contributed by atoms with E-state index in [9.17, 15) is 31.4 Å². The number of pyridine rings is 1. The van der Waals surface area contributed by atoms with Crippen LogP contribution in [-0.2, 0) is 24.4 Å². The highest BCUT2D eigenvalue weighted by Gasteiger charge is 2.34. The number of hydrogen-bond acceptors (Lipinski definition) is 8. The van der Waals surface area contributed by atoms with Gasteiger partial charge < -0.3 is 14.3 Å². The van der Waals surface area contributed by atoms with Crippen LogP contribution in [0.3, 0.4) is 0 Å². The van der Waals surface area contributed by atoms with Crippen molar-refractivity contribution in [1.82, 2.24) is 19.7 Å². The number of nitrogens with zero attached hydrogens (tertiary/aromatic N) is 4. The molecule has 3 heterocycles. The van der Waals surface area contributed by atoms with Crippen molar-refractivity contribution < 1.29 is 49.0 Å². The minimum absolute atomic E-state index is 0.142. The summed E-state index contributed by atoms with van der Waals surface area (Å²) in [6, 6.07) is 11.1. The minimum atomic E-state index is -4.68. The van der Waals surface area contributed by atoms with E-state index in [1.165, 1.54) is 30.5 Å². The van der Waals surface area contributed by atoms with Crippen molar-refractivity contribution in [3.05, 3.63) is 89.5 Å². The van der Waals surface area contributed by atoms with E-state index in [1.807, 2.05) is 0 Å². The van der Waals surface area contributed by atoms with Gasteiger partial charge in [-0.3, -0.25) is 0 Å². The molecule has 0 fully saturated rings. The Morgan fingerprint density at radius 2 is 1.73 bits per heavy atom. The first-order chi connectivity index (χ1) is 20.9. The van der Waals surface area contributed by atoms with Crippen LogP contribution in [-0.4, -0.2) is 39.9 Å². The SMILES string of the molecule is Cc1nc(-c2cc(-c3cc(C)c(CO)c(F)c3)ccc2-n2ccc(C(F)(F)F)n2)c(-c2ccc(OC(F)F)nc2)o1.O=S=O. The van der Waals surface area contributed by atoms with Crippen molar-refractivity contribution in [2.45, 2.75) is 33.2 Å². The van der Waals surface area contributed by atoms with Gasteiger partial charge in [0.05, 0.1) is 12.3 Å². The summed E-state index contributed by atoms with van der Waals surface area (Å²) in [7, 11) is 0. The normalized spacial score (nSPS) is 11.3. The summed E-state index contributed by atoms with van der Waals surface area (Å²) in [5.41, 5.74) is 1.47. The molecular weight excluding hydrogens is 618 g/mol. The highest BCUT2D eigenvalue weighted by Crippen LogP contribution is 2.39. The van der Waals surface area contributed by atoms with Crippen molar-refractivity contribution in [1.29, 1.82) is 0 Å². The van der Waals surface area contributed by atoms with Gasteiger partial charge in [-0.25, -0.2) is 19.0 Å². The largest absolute Gasteiger partial charge is 0.440 e. The average Bonchev–Trinajstić information content (AvgIpc) is 3.61. The number of benzene rings is 2. The van der Waals surface area contributed by atoms with Gasteiger partial charge in [-0.2, -0.15) is 35.5 Å². The molecule has 0 bridgehead atoms. The molecule has 0 aliphatic carbocycles. The molecule has 0 saturated carbocycles. The fourth-order valence-corrected chi connectivity index (χ4v) is 4.34. The summed E-state index contributed by atoms with van der Waals surface area (Å²) in [5.74, 6) is -0.600. The summed E-state index contributed by atoms with van der Waals surface area (Å²) in [5, 5.41) is 13.2. The van der Waals surface area contributed by atoms with E-state index >= 15 is 0 Å². The van der Waals surface area contributed by atoms with Crippen LogP contribution in [0.4, 0.5) is 26.3 Å². The molecule has 0 aliphatic rings. The number of hydrogen-bond donors (Lipinski definition) is 1. The highest BCUT2D eigenvalue weighted by atomic mass is 32.1. The second kappa shape index (κ2) is 13.2. The maximum Gasteiger partial charge on any atom is 0.435 e. The lowest BCUT2D eigenvalue weighted by Gasteiger charge is -2.14. The monoisotopic (exact) mass is 638 g/mol. The van der Waals surface area contributed by atoms with E-state index < -0.39 is 42.5 Å². The highest BCUT2D eigenvalue weighted by molar-refractivity contribution is 7.51. The molecule has 2 aromatic carbocycles. The average molecular weight is 639 g/mol. The van der Waals surface area contributed by atoms with Gasteiger partial charge in [-0.1, -0.05) is 12.1 Å². The molecular formula is C28H20F6N4O5S. The number of oxazole rings is 1. The number of aliphatic hydroxyl groups excluding tert-OH is 1. The summed E-state index contributed by atoms with van der Waals surface area (Å²) >= 11 is -0.750. The van der Waals surface area contributed by atoms with Crippen molar-refractivity contribution in [3.63, 3.8) is 0 Å². The Morgan fingerprint density at radius 1 is 1.02 bits per heavy atom. The number of aryl methyl sites for hydroxylation is 2. The van der Waals surface area contributed by atoms with Crippen LogP contribution in [0.2, 0.25) is 0 Å². The molecule has 5 aromatic rings. The number of rotatable bonds is 7. The fourth-order valence-electron chi connectivity index (χ4n) is 4.34. The summed E-state index contributed by atoms with van der Waals surface area (Å²) in [6.07, 6.45) is -2.31. The molecule has 16 heteroatoms. The lowest BCUT2D eigenvalue weighted by atomic mass is 9.96. The Labute approximate surface area is 248 Å². The second-order valence-electron chi connectivity index (χ2n) is 9.03. The van der Waals surface area contributed by atoms with Crippen molar-refractivity contribution >= 4 is 11.6 Å². The molecule has 3 aromatic heterocycles. The zero-order valence-electron chi connectivity index (χ0n) is 22.6. The molecule has 0 aliphatic heterocycles. The summed E-state index contributed by atoms with van der Waals surface area (Å²) < 4.78 is 108. The van der Waals surface area contributed by atoms with E-state index in [2.05, 4.69) is 19.8 Å². The molecule has 0 radical (unpaired) electrons. The van der Waals surface area contributed by atoms with Crippen LogP contribution >= 0.6 is 0 Å². The number of alkyl halides is 5. The first-order valence-electron chi connectivity index (χ1n) is 12.3. The Morgan fingerprint density at radius 3 is 2.30 bits per heavy atom. The fraction of sp³-hybridized carbons (Fsp3) is 0.179. The van der Waals surface area contributed by atoms with Crippen LogP contribution in [0, 0.1) is 19.7 Å². The third-order valence-corrected chi connectivity index (χ3v) is 6.23. The molecule has 9 nitrogen and oxygen atoms in total. The lowest BCUT2D eigenvalue weighted by Crippen LogP contribution is -2.08. The molecule has 0 saturated heterocycles. The Hall–Kier alpha value is -4.83. The minimum Gasteiger partial charge on any atom is -0.440 e. The quantitative estimate of drug-likeness (QED) is 0.202. The lowest BCUT2D eigenvalue weighted by molar-refractivity contribution is -0.141. The Balaban J connectivity index is 0.00000141. The zero-order valence-corrected chi connectivity index (χ0v) is 23.4. The van der Waals surface area contributed by atoms with Gasteiger partial charge in [0.2, 0.25) is 5.88 Å². The summed E-state index contributed by atoms with van der Waals surface area (Å²) in [4.78, 5) is 8.31. The maximum absolute atomic E-state index is 14.7. The van der Waals surface area contributed by atoms with Crippen molar-refractivity contribution in [2.24, 2.45) is 0 Å². The number of ether oxygens (including phenoxy) is 1. The molecule has 0 spiro atoms. The third kappa shape index (κ3) is 7.03. The molecule has 230 valence electrons. The van der Waals surface area contributed by atoms with E-state index in [0.29, 0.717) is 22.3 Å². The number of aliphatic hydroxyl groups is 1. The topological polar surface area (TPSA) is 120 Å². The standard InChI is InChI=1S/C28H20F6N4O3.O2S/c1-14-9-18(11-21(29)20(14)13-39)16-3-5-22(38-8-7-23(37-38)28(32,33)34)19(10-16)25-26(40-15(2)36-25)17-4-6-24(35-12-17)41-27(30)31;1-3-2/h3-12,27,39H,13H2,1-2H3;. The first-order valence-corrected chi connectivity index (χ1v) is 13.0. The van der Waals surface area contributed by atoms with Gasteiger partial charge in [-0.15, -0.1) is 0 Å².